The van der Waals surface area contributed by atoms with Crippen molar-refractivity contribution in [3.8, 4) is 11.5 Å². The van der Waals surface area contributed by atoms with E-state index in [9.17, 15) is 4.79 Å². The summed E-state index contributed by atoms with van der Waals surface area (Å²) in [7, 11) is 1.61. The van der Waals surface area contributed by atoms with Gasteiger partial charge in [-0.1, -0.05) is 37.3 Å². The van der Waals surface area contributed by atoms with Crippen LogP contribution in [0.15, 0.2) is 42.5 Å². The van der Waals surface area contributed by atoms with Crippen molar-refractivity contribution in [1.82, 2.24) is 0 Å². The molecule has 1 amide bonds. The Labute approximate surface area is 130 Å². The minimum atomic E-state index is -0.0425. The summed E-state index contributed by atoms with van der Waals surface area (Å²) in [4.78, 5) is 14.3. The van der Waals surface area contributed by atoms with Crippen molar-refractivity contribution >= 4 is 11.6 Å². The Balaban J connectivity index is 2.04. The van der Waals surface area contributed by atoms with Crippen molar-refractivity contribution in [1.29, 1.82) is 0 Å². The van der Waals surface area contributed by atoms with Crippen molar-refractivity contribution in [3.05, 3.63) is 53.6 Å². The van der Waals surface area contributed by atoms with Crippen molar-refractivity contribution in [3.63, 3.8) is 0 Å². The van der Waals surface area contributed by atoms with Gasteiger partial charge in [-0.15, -0.1) is 0 Å². The lowest BCUT2D eigenvalue weighted by atomic mass is 10.1. The number of amides is 1. The van der Waals surface area contributed by atoms with Crippen LogP contribution in [0.4, 0.5) is 5.69 Å². The van der Waals surface area contributed by atoms with Crippen LogP contribution in [0.1, 0.15) is 18.1 Å². The van der Waals surface area contributed by atoms with Crippen LogP contribution in [0.3, 0.4) is 0 Å². The van der Waals surface area contributed by atoms with Crippen molar-refractivity contribution in [2.75, 3.05) is 18.6 Å². The number of para-hydroxylation sites is 2. The van der Waals surface area contributed by atoms with Crippen LogP contribution in [0.5, 0.6) is 11.5 Å². The van der Waals surface area contributed by atoms with Gasteiger partial charge in [0, 0.05) is 11.3 Å². The first-order chi connectivity index (χ1) is 10.7. The van der Waals surface area contributed by atoms with Gasteiger partial charge in [0.2, 0.25) is 0 Å². The second-order valence-corrected chi connectivity index (χ2v) is 5.20. The Morgan fingerprint density at radius 2 is 2.00 bits per heavy atom. The maximum atomic E-state index is 12.5. The molecule has 0 radical (unpaired) electrons. The molecule has 4 nitrogen and oxygen atoms in total. The monoisotopic (exact) mass is 297 g/mol. The molecule has 1 aliphatic rings. The fourth-order valence-corrected chi connectivity index (χ4v) is 2.77. The van der Waals surface area contributed by atoms with Crippen LogP contribution < -0.4 is 14.4 Å². The minimum absolute atomic E-state index is 0.0193. The third-order valence-electron chi connectivity index (χ3n) is 3.91. The molecule has 0 fully saturated rings. The van der Waals surface area contributed by atoms with Crippen LogP contribution in [0.25, 0.3) is 0 Å². The van der Waals surface area contributed by atoms with Crippen LogP contribution in [-0.2, 0) is 17.8 Å². The van der Waals surface area contributed by atoms with Crippen molar-refractivity contribution < 1.29 is 14.3 Å². The minimum Gasteiger partial charge on any atom is -0.493 e. The van der Waals surface area contributed by atoms with Crippen molar-refractivity contribution in [2.24, 2.45) is 0 Å². The second kappa shape index (κ2) is 6.10. The summed E-state index contributed by atoms with van der Waals surface area (Å²) >= 11 is 0. The van der Waals surface area contributed by atoms with Crippen LogP contribution in [0, 0.1) is 0 Å². The summed E-state index contributed by atoms with van der Waals surface area (Å²) in [5, 5.41) is 0. The SMILES string of the molecule is CCc1ccccc1N1Cc2cccc(OC)c2OCC1=O. The summed E-state index contributed by atoms with van der Waals surface area (Å²) < 4.78 is 11.0. The molecule has 1 heterocycles. The molecule has 1 aliphatic heterocycles. The highest BCUT2D eigenvalue weighted by Crippen LogP contribution is 2.35. The zero-order chi connectivity index (χ0) is 15.5. The summed E-state index contributed by atoms with van der Waals surface area (Å²) in [6, 6.07) is 13.7. The Morgan fingerprint density at radius 1 is 1.18 bits per heavy atom. The molecule has 114 valence electrons. The Hall–Kier alpha value is -2.49. The first kappa shape index (κ1) is 14.4. The van der Waals surface area contributed by atoms with Crippen LogP contribution in [0.2, 0.25) is 0 Å². The van der Waals surface area contributed by atoms with Gasteiger partial charge in [-0.2, -0.15) is 0 Å². The quantitative estimate of drug-likeness (QED) is 0.873. The highest BCUT2D eigenvalue weighted by Gasteiger charge is 2.25. The topological polar surface area (TPSA) is 38.8 Å². The van der Waals surface area contributed by atoms with Crippen LogP contribution >= 0.6 is 0 Å². The lowest BCUT2D eigenvalue weighted by molar-refractivity contribution is -0.120. The van der Waals surface area contributed by atoms with Gasteiger partial charge < -0.3 is 14.4 Å². The molecule has 0 unspecified atom stereocenters. The Bertz CT molecular complexity index is 696. The van der Waals surface area contributed by atoms with E-state index in [0.29, 0.717) is 18.0 Å². The van der Waals surface area contributed by atoms with Gasteiger partial charge in [0.1, 0.15) is 0 Å². The van der Waals surface area contributed by atoms with Gasteiger partial charge in [-0.05, 0) is 24.1 Å². The van der Waals surface area contributed by atoms with Crippen LogP contribution in [-0.4, -0.2) is 19.6 Å². The highest BCUT2D eigenvalue weighted by atomic mass is 16.5. The summed E-state index contributed by atoms with van der Waals surface area (Å²) in [5.74, 6) is 1.28. The average Bonchev–Trinajstić information content (AvgIpc) is 2.74. The summed E-state index contributed by atoms with van der Waals surface area (Å²) in [6.45, 7) is 2.60. The van der Waals surface area contributed by atoms with E-state index < -0.39 is 0 Å². The normalized spacial score (nSPS) is 14.1. The number of aryl methyl sites for hydroxylation is 1. The predicted molar refractivity (Wildman–Crippen MR) is 85.5 cm³/mol. The smallest absolute Gasteiger partial charge is 0.265 e. The number of methoxy groups -OCH3 is 1. The third kappa shape index (κ3) is 2.52. The lowest BCUT2D eigenvalue weighted by Crippen LogP contribution is -2.32. The molecule has 0 atom stereocenters. The lowest BCUT2D eigenvalue weighted by Gasteiger charge is -2.23. The van der Waals surface area contributed by atoms with Gasteiger partial charge in [-0.3, -0.25) is 4.79 Å². The largest absolute Gasteiger partial charge is 0.493 e. The van der Waals surface area contributed by atoms with E-state index in [1.54, 1.807) is 12.0 Å². The van der Waals surface area contributed by atoms with Gasteiger partial charge >= 0.3 is 0 Å². The predicted octanol–water partition coefficient (Wildman–Crippen LogP) is 3.18. The van der Waals surface area contributed by atoms with E-state index in [4.69, 9.17) is 9.47 Å². The first-order valence-corrected chi connectivity index (χ1v) is 7.41. The standard InChI is InChI=1S/C18H19NO3/c1-3-13-7-4-5-9-15(13)19-11-14-8-6-10-16(21-2)18(14)22-12-17(19)20/h4-10H,3,11-12H2,1-2H3. The van der Waals surface area contributed by atoms with E-state index in [1.165, 1.54) is 0 Å². The zero-order valence-corrected chi connectivity index (χ0v) is 12.8. The van der Waals surface area contributed by atoms with Gasteiger partial charge in [0.15, 0.2) is 18.1 Å². The van der Waals surface area contributed by atoms with Gasteiger partial charge in [0.05, 0.1) is 13.7 Å². The molecule has 0 saturated carbocycles. The maximum Gasteiger partial charge on any atom is 0.265 e. The molecule has 0 aromatic heterocycles. The van der Waals surface area contributed by atoms with E-state index in [-0.39, 0.29) is 12.5 Å². The first-order valence-electron chi connectivity index (χ1n) is 7.41. The van der Waals surface area contributed by atoms with Gasteiger partial charge in [0.25, 0.3) is 5.91 Å². The molecule has 22 heavy (non-hydrogen) atoms. The molecule has 0 bridgehead atoms. The number of ether oxygens (including phenoxy) is 2. The van der Waals surface area contributed by atoms with E-state index in [2.05, 4.69) is 13.0 Å². The van der Waals surface area contributed by atoms with E-state index in [1.807, 2.05) is 36.4 Å². The number of rotatable bonds is 3. The number of hydrogen-bond donors (Lipinski definition) is 0. The summed E-state index contributed by atoms with van der Waals surface area (Å²) in [6.07, 6.45) is 0.881. The van der Waals surface area contributed by atoms with Gasteiger partial charge in [-0.25, -0.2) is 0 Å². The number of nitrogens with zero attached hydrogens (tertiary/aromatic N) is 1. The number of anilines is 1. The number of benzene rings is 2. The number of hydrogen-bond acceptors (Lipinski definition) is 3. The zero-order valence-electron chi connectivity index (χ0n) is 12.8. The third-order valence-corrected chi connectivity index (χ3v) is 3.91. The molecule has 0 aliphatic carbocycles. The second-order valence-electron chi connectivity index (χ2n) is 5.20. The number of carbonyl (C=O) groups excluding carboxylic acids is 1. The van der Waals surface area contributed by atoms with E-state index >= 15 is 0 Å². The molecule has 0 N–H and O–H groups in total. The maximum absolute atomic E-state index is 12.5. The molecule has 0 saturated heterocycles. The number of fused-ring (bicyclic) bond motifs is 1. The fourth-order valence-electron chi connectivity index (χ4n) is 2.77. The molecule has 4 heteroatoms. The molecular formula is C18H19NO3. The average molecular weight is 297 g/mol. The Morgan fingerprint density at radius 3 is 2.77 bits per heavy atom. The van der Waals surface area contributed by atoms with E-state index in [0.717, 1.165) is 23.2 Å². The summed E-state index contributed by atoms with van der Waals surface area (Å²) in [5.41, 5.74) is 3.06. The molecule has 2 aromatic rings. The van der Waals surface area contributed by atoms with Crippen molar-refractivity contribution in [2.45, 2.75) is 19.9 Å². The molecular weight excluding hydrogens is 278 g/mol. The molecule has 3 rings (SSSR count). The molecule has 0 spiro atoms. The Kier molecular flexibility index (Phi) is 4.00. The highest BCUT2D eigenvalue weighted by molar-refractivity contribution is 5.95. The fraction of sp³-hybridized carbons (Fsp3) is 0.278. The number of carbonyl (C=O) groups is 1. The molecule has 2 aromatic carbocycles.